The summed E-state index contributed by atoms with van der Waals surface area (Å²) in [5.74, 6) is 1.34. The number of piperazine rings is 1. The van der Waals surface area contributed by atoms with Crippen LogP contribution in [0, 0.1) is 0 Å². The van der Waals surface area contributed by atoms with Crippen LogP contribution in [0.15, 0.2) is 35.3 Å². The number of hydrogen-bond acceptors (Lipinski definition) is 5. The summed E-state index contributed by atoms with van der Waals surface area (Å²) >= 11 is 0. The first-order valence-corrected chi connectivity index (χ1v) is 10.4. The summed E-state index contributed by atoms with van der Waals surface area (Å²) in [4.78, 5) is 36.7. The average molecular weight is 430 g/mol. The molecule has 10 heteroatoms. The summed E-state index contributed by atoms with van der Waals surface area (Å²) in [5.41, 5.74) is 0. The number of aliphatic hydroxyl groups excluding tert-OH is 1. The molecule has 4 rings (SSSR count). The third-order valence-corrected chi connectivity index (χ3v) is 5.89. The van der Waals surface area contributed by atoms with Gasteiger partial charge >= 0.3 is 12.0 Å². The fourth-order valence-electron chi connectivity index (χ4n) is 4.02. The van der Waals surface area contributed by atoms with Gasteiger partial charge in [-0.2, -0.15) is 0 Å². The Bertz CT molecular complexity index is 908. The number of para-hydroxylation sites is 1. The van der Waals surface area contributed by atoms with Crippen molar-refractivity contribution in [1.29, 1.82) is 0 Å². The Hall–Kier alpha value is -2.98. The number of imide groups is 1. The first-order chi connectivity index (χ1) is 14.9. The second-order valence-electron chi connectivity index (χ2n) is 8.13. The SMILES string of the molecule is CN1CC[N+](=C2N=C3C(C(=O)N(C)C(=O)N3C)N2CC(O)COc2ccccc2)CC1. The number of nitrogens with zero attached hydrogens (tertiary/aromatic N) is 6. The van der Waals surface area contributed by atoms with E-state index in [0.29, 0.717) is 17.5 Å². The minimum Gasteiger partial charge on any atom is -0.491 e. The zero-order chi connectivity index (χ0) is 22.1. The molecule has 31 heavy (non-hydrogen) atoms. The van der Waals surface area contributed by atoms with Gasteiger partial charge in [0.1, 0.15) is 18.5 Å². The van der Waals surface area contributed by atoms with Crippen molar-refractivity contribution in [3.05, 3.63) is 30.3 Å². The van der Waals surface area contributed by atoms with Gasteiger partial charge in [-0.1, -0.05) is 23.2 Å². The summed E-state index contributed by atoms with van der Waals surface area (Å²) in [6.45, 7) is 3.49. The van der Waals surface area contributed by atoms with E-state index < -0.39 is 18.2 Å². The second-order valence-corrected chi connectivity index (χ2v) is 8.13. The topological polar surface area (TPSA) is 91.9 Å². The summed E-state index contributed by atoms with van der Waals surface area (Å²) in [5, 5.41) is 10.7. The van der Waals surface area contributed by atoms with Crippen LogP contribution in [0.25, 0.3) is 0 Å². The van der Waals surface area contributed by atoms with Crippen molar-refractivity contribution < 1.29 is 24.0 Å². The number of fused-ring (bicyclic) bond motifs is 1. The van der Waals surface area contributed by atoms with Crippen LogP contribution in [0.1, 0.15) is 0 Å². The Morgan fingerprint density at radius 1 is 1.13 bits per heavy atom. The average Bonchev–Trinajstić information content (AvgIpc) is 3.15. The van der Waals surface area contributed by atoms with E-state index in [1.165, 1.54) is 11.9 Å². The summed E-state index contributed by atoms with van der Waals surface area (Å²) < 4.78 is 7.80. The molecule has 1 N–H and O–H groups in total. The monoisotopic (exact) mass is 429 g/mol. The number of rotatable bonds is 5. The molecule has 2 fully saturated rings. The molecule has 2 atom stereocenters. The van der Waals surface area contributed by atoms with Crippen LogP contribution in [0.3, 0.4) is 0 Å². The van der Waals surface area contributed by atoms with Crippen LogP contribution in [0.4, 0.5) is 4.79 Å². The number of benzene rings is 1. The van der Waals surface area contributed by atoms with Gasteiger partial charge in [-0.15, -0.1) is 0 Å². The predicted molar refractivity (Wildman–Crippen MR) is 114 cm³/mol. The second kappa shape index (κ2) is 8.64. The van der Waals surface area contributed by atoms with Gasteiger partial charge in [0.25, 0.3) is 5.91 Å². The number of urea groups is 1. The molecule has 0 aliphatic carbocycles. The van der Waals surface area contributed by atoms with Crippen molar-refractivity contribution in [3.8, 4) is 5.75 Å². The van der Waals surface area contributed by atoms with Crippen LogP contribution >= 0.6 is 0 Å². The van der Waals surface area contributed by atoms with Crippen molar-refractivity contribution in [2.45, 2.75) is 12.1 Å². The van der Waals surface area contributed by atoms with E-state index in [1.807, 2.05) is 30.3 Å². The quantitative estimate of drug-likeness (QED) is 0.626. The van der Waals surface area contributed by atoms with Gasteiger partial charge in [-0.25, -0.2) is 9.69 Å². The maximum atomic E-state index is 13.0. The van der Waals surface area contributed by atoms with Gasteiger partial charge in [0.05, 0.1) is 19.6 Å². The van der Waals surface area contributed by atoms with Crippen LogP contribution < -0.4 is 4.74 Å². The lowest BCUT2D eigenvalue weighted by Gasteiger charge is -2.34. The number of hydrogen-bond donors (Lipinski definition) is 1. The summed E-state index contributed by atoms with van der Waals surface area (Å²) in [6, 6.07) is 8.13. The Balaban J connectivity index is 1.58. The molecule has 1 aromatic rings. The Kier molecular flexibility index (Phi) is 5.92. The first-order valence-electron chi connectivity index (χ1n) is 10.4. The van der Waals surface area contributed by atoms with Gasteiger partial charge in [-0.3, -0.25) is 19.2 Å². The van der Waals surface area contributed by atoms with E-state index in [0.717, 1.165) is 31.1 Å². The fraction of sp³-hybridized carbons (Fsp3) is 0.524. The minimum atomic E-state index is -0.849. The molecular formula is C21H29N6O4+. The number of ether oxygens (including phenoxy) is 1. The van der Waals surface area contributed by atoms with E-state index in [2.05, 4.69) is 16.5 Å². The van der Waals surface area contributed by atoms with Gasteiger partial charge in [0, 0.05) is 27.2 Å². The van der Waals surface area contributed by atoms with Crippen molar-refractivity contribution in [1.82, 2.24) is 19.6 Å². The van der Waals surface area contributed by atoms with Crippen LogP contribution in [-0.4, -0.2) is 126 Å². The normalized spacial score (nSPS) is 23.3. The number of carbonyl (C=O) groups excluding carboxylic acids is 2. The highest BCUT2D eigenvalue weighted by molar-refractivity contribution is 6.25. The van der Waals surface area contributed by atoms with Gasteiger partial charge < -0.3 is 14.7 Å². The number of β-amino-alcohol motifs (C(OH)–C–C–N with tert-alkyl or cyclic N) is 1. The number of amidine groups is 1. The third kappa shape index (κ3) is 4.13. The molecule has 3 amide bonds. The Morgan fingerprint density at radius 3 is 2.48 bits per heavy atom. The summed E-state index contributed by atoms with van der Waals surface area (Å²) in [7, 11) is 5.16. The summed E-state index contributed by atoms with van der Waals surface area (Å²) in [6.07, 6.45) is -0.849. The van der Waals surface area contributed by atoms with Gasteiger partial charge in [-0.05, 0) is 19.2 Å². The van der Waals surface area contributed by atoms with Crippen LogP contribution in [0.5, 0.6) is 5.75 Å². The van der Waals surface area contributed by atoms with Crippen molar-refractivity contribution in [2.24, 2.45) is 4.99 Å². The largest absolute Gasteiger partial charge is 0.491 e. The molecule has 2 unspecified atom stereocenters. The van der Waals surface area contributed by atoms with E-state index in [-0.39, 0.29) is 19.1 Å². The zero-order valence-corrected chi connectivity index (χ0v) is 18.1. The number of amides is 3. The highest BCUT2D eigenvalue weighted by atomic mass is 16.5. The Morgan fingerprint density at radius 2 is 1.81 bits per heavy atom. The molecule has 3 aliphatic heterocycles. The number of aliphatic hydroxyl groups is 1. The van der Waals surface area contributed by atoms with Crippen molar-refractivity contribution in [2.75, 3.05) is 60.5 Å². The maximum Gasteiger partial charge on any atom is 0.392 e. The zero-order valence-electron chi connectivity index (χ0n) is 18.1. The standard InChI is InChI=1S/C21H29N6O4/c1-23-9-11-26(12-10-23)20-22-18-17(19(29)25(3)21(30)24(18)2)27(20)13-15(28)14-31-16-7-5-4-6-8-16/h4-8,15,17,28H,9-14H2,1-3H3/q+1. The molecule has 10 nitrogen and oxygen atoms in total. The molecule has 0 radical (unpaired) electrons. The van der Waals surface area contributed by atoms with Crippen LogP contribution in [-0.2, 0) is 4.79 Å². The predicted octanol–water partition coefficient (Wildman–Crippen LogP) is -0.653. The highest BCUT2D eigenvalue weighted by Gasteiger charge is 2.55. The van der Waals surface area contributed by atoms with Crippen molar-refractivity contribution >= 4 is 23.7 Å². The molecule has 2 saturated heterocycles. The Labute approximate surface area is 181 Å². The van der Waals surface area contributed by atoms with Gasteiger partial charge in [0.15, 0.2) is 0 Å². The van der Waals surface area contributed by atoms with Gasteiger partial charge in [0.2, 0.25) is 11.9 Å². The molecule has 0 bridgehead atoms. The lowest BCUT2D eigenvalue weighted by atomic mass is 10.1. The van der Waals surface area contributed by atoms with Crippen LogP contribution in [0.2, 0.25) is 0 Å². The molecular weight excluding hydrogens is 400 g/mol. The minimum absolute atomic E-state index is 0.0807. The van der Waals surface area contributed by atoms with E-state index in [9.17, 15) is 14.7 Å². The molecule has 3 aliphatic rings. The fourth-order valence-corrected chi connectivity index (χ4v) is 4.02. The molecule has 0 aromatic heterocycles. The molecule has 0 spiro atoms. The van der Waals surface area contributed by atoms with E-state index >= 15 is 0 Å². The lowest BCUT2D eigenvalue weighted by Crippen LogP contribution is -2.63. The molecule has 3 heterocycles. The molecule has 0 saturated carbocycles. The maximum absolute atomic E-state index is 13.0. The highest BCUT2D eigenvalue weighted by Crippen LogP contribution is 2.23. The third-order valence-electron chi connectivity index (χ3n) is 5.89. The smallest absolute Gasteiger partial charge is 0.392 e. The van der Waals surface area contributed by atoms with E-state index in [1.54, 1.807) is 11.9 Å². The van der Waals surface area contributed by atoms with E-state index in [4.69, 9.17) is 9.73 Å². The lowest BCUT2D eigenvalue weighted by molar-refractivity contribution is -0.544. The number of aliphatic imine (C=N–C) groups is 1. The molecule has 166 valence electrons. The number of guanidine groups is 1. The number of carbonyl (C=O) groups is 2. The van der Waals surface area contributed by atoms with Crippen molar-refractivity contribution in [3.63, 3.8) is 0 Å². The first kappa shape index (κ1) is 21.3. The molecule has 1 aromatic carbocycles. The number of likely N-dealkylation sites (N-methyl/N-ethyl adjacent to an activating group) is 3.